The van der Waals surface area contributed by atoms with Crippen LogP contribution in [-0.4, -0.2) is 29.3 Å². The van der Waals surface area contributed by atoms with Crippen molar-refractivity contribution in [3.63, 3.8) is 0 Å². The number of aryl methyl sites for hydroxylation is 1. The summed E-state index contributed by atoms with van der Waals surface area (Å²) >= 11 is 5.68. The molecule has 1 saturated carbocycles. The minimum atomic E-state index is -0.458. The molecule has 92 valence electrons. The molecule has 2 nitrogen and oxygen atoms in total. The first-order valence-electron chi connectivity index (χ1n) is 5.76. The summed E-state index contributed by atoms with van der Waals surface area (Å²) in [6.45, 7) is 2.33. The van der Waals surface area contributed by atoms with Gasteiger partial charge in [0.15, 0.2) is 0 Å². The van der Waals surface area contributed by atoms with E-state index in [0.29, 0.717) is 12.4 Å². The van der Waals surface area contributed by atoms with E-state index in [-0.39, 0.29) is 17.5 Å². The number of alkyl halides is 1. The molecular weight excluding hydrogens is 241 g/mol. The van der Waals surface area contributed by atoms with Crippen LogP contribution in [0.2, 0.25) is 0 Å². The molecule has 0 aliphatic heterocycles. The van der Waals surface area contributed by atoms with Gasteiger partial charge in [0, 0.05) is 18.5 Å². The van der Waals surface area contributed by atoms with Crippen LogP contribution in [0.1, 0.15) is 28.8 Å². The smallest absolute Gasteiger partial charge is 0.257 e. The zero-order valence-corrected chi connectivity index (χ0v) is 10.5. The Labute approximate surface area is 105 Å². The highest BCUT2D eigenvalue weighted by Gasteiger charge is 2.33. The van der Waals surface area contributed by atoms with Gasteiger partial charge in [-0.3, -0.25) is 4.79 Å². The summed E-state index contributed by atoms with van der Waals surface area (Å²) in [6, 6.07) is 4.85. The molecule has 1 aromatic carbocycles. The topological polar surface area (TPSA) is 20.3 Å². The van der Waals surface area contributed by atoms with Crippen molar-refractivity contribution in [3.05, 3.63) is 35.1 Å². The van der Waals surface area contributed by atoms with Gasteiger partial charge in [-0.25, -0.2) is 4.39 Å². The van der Waals surface area contributed by atoms with Gasteiger partial charge in [0.1, 0.15) is 5.82 Å². The molecular formula is C13H15ClFNO. The number of halogens is 2. The molecule has 0 bridgehead atoms. The highest BCUT2D eigenvalue weighted by atomic mass is 35.5. The van der Waals surface area contributed by atoms with Crippen molar-refractivity contribution in [2.75, 3.05) is 12.4 Å². The van der Waals surface area contributed by atoms with Crippen molar-refractivity contribution in [1.29, 1.82) is 0 Å². The van der Waals surface area contributed by atoms with Crippen LogP contribution in [0, 0.1) is 12.7 Å². The summed E-state index contributed by atoms with van der Waals surface area (Å²) in [5.74, 6) is -0.314. The van der Waals surface area contributed by atoms with Crippen molar-refractivity contribution in [3.8, 4) is 0 Å². The predicted molar refractivity (Wildman–Crippen MR) is 65.9 cm³/mol. The highest BCUT2D eigenvalue weighted by molar-refractivity contribution is 6.18. The van der Waals surface area contributed by atoms with Crippen LogP contribution in [0.5, 0.6) is 0 Å². The van der Waals surface area contributed by atoms with E-state index >= 15 is 0 Å². The zero-order chi connectivity index (χ0) is 12.4. The molecule has 0 unspecified atom stereocenters. The lowest BCUT2D eigenvalue weighted by molar-refractivity contribution is 0.0749. The van der Waals surface area contributed by atoms with E-state index in [2.05, 4.69) is 0 Å². The molecule has 2 rings (SSSR count). The van der Waals surface area contributed by atoms with E-state index in [1.165, 1.54) is 6.07 Å². The first-order valence-corrected chi connectivity index (χ1v) is 6.30. The molecule has 17 heavy (non-hydrogen) atoms. The number of benzene rings is 1. The Hall–Kier alpha value is -1.09. The van der Waals surface area contributed by atoms with E-state index < -0.39 is 5.82 Å². The molecule has 1 fully saturated rings. The molecule has 0 aromatic heterocycles. The van der Waals surface area contributed by atoms with Crippen molar-refractivity contribution in [2.24, 2.45) is 0 Å². The standard InChI is InChI=1S/C13H15ClFNO/c1-9-2-5-12(15)11(8-9)13(17)16(7-6-14)10-3-4-10/h2,5,8,10H,3-4,6-7H2,1H3. The Bertz CT molecular complexity index is 431. The first kappa shape index (κ1) is 12.4. The van der Waals surface area contributed by atoms with Gasteiger partial charge in [0.2, 0.25) is 0 Å². The largest absolute Gasteiger partial charge is 0.334 e. The maximum atomic E-state index is 13.6. The average Bonchev–Trinajstić information content (AvgIpc) is 3.12. The number of carbonyl (C=O) groups excluding carboxylic acids is 1. The summed E-state index contributed by atoms with van der Waals surface area (Å²) in [5, 5.41) is 0. The number of nitrogens with zero attached hydrogens (tertiary/aromatic N) is 1. The second-order valence-corrected chi connectivity index (χ2v) is 4.78. The van der Waals surface area contributed by atoms with Crippen LogP contribution < -0.4 is 0 Å². The van der Waals surface area contributed by atoms with Crippen LogP contribution in [-0.2, 0) is 0 Å². The van der Waals surface area contributed by atoms with E-state index in [1.54, 1.807) is 17.0 Å². The second kappa shape index (κ2) is 5.05. The molecule has 0 radical (unpaired) electrons. The Morgan fingerprint density at radius 3 is 2.82 bits per heavy atom. The van der Waals surface area contributed by atoms with Gasteiger partial charge in [-0.1, -0.05) is 11.6 Å². The molecule has 0 N–H and O–H groups in total. The maximum Gasteiger partial charge on any atom is 0.257 e. The monoisotopic (exact) mass is 255 g/mol. The van der Waals surface area contributed by atoms with Crippen molar-refractivity contribution in [1.82, 2.24) is 4.90 Å². The number of hydrogen-bond acceptors (Lipinski definition) is 1. The van der Waals surface area contributed by atoms with E-state index in [1.807, 2.05) is 6.92 Å². The molecule has 1 aliphatic carbocycles. The van der Waals surface area contributed by atoms with Gasteiger partial charge in [-0.2, -0.15) is 0 Å². The fourth-order valence-corrected chi connectivity index (χ4v) is 2.07. The molecule has 1 amide bonds. The molecule has 1 aliphatic rings. The van der Waals surface area contributed by atoms with E-state index in [4.69, 9.17) is 11.6 Å². The lowest BCUT2D eigenvalue weighted by atomic mass is 10.1. The lowest BCUT2D eigenvalue weighted by Crippen LogP contribution is -2.35. The number of hydrogen-bond donors (Lipinski definition) is 0. The third kappa shape index (κ3) is 2.78. The third-order valence-corrected chi connectivity index (χ3v) is 3.10. The third-order valence-electron chi connectivity index (χ3n) is 2.93. The summed E-state index contributed by atoms with van der Waals surface area (Å²) < 4.78 is 13.6. The van der Waals surface area contributed by atoms with Crippen molar-refractivity contribution >= 4 is 17.5 Å². The molecule has 0 atom stereocenters. The first-order chi connectivity index (χ1) is 8.13. The van der Waals surface area contributed by atoms with Crippen LogP contribution in [0.4, 0.5) is 4.39 Å². The van der Waals surface area contributed by atoms with Crippen LogP contribution in [0.3, 0.4) is 0 Å². The van der Waals surface area contributed by atoms with Crippen LogP contribution in [0.25, 0.3) is 0 Å². The minimum absolute atomic E-state index is 0.155. The summed E-state index contributed by atoms with van der Waals surface area (Å²) in [4.78, 5) is 13.9. The van der Waals surface area contributed by atoms with Crippen molar-refractivity contribution in [2.45, 2.75) is 25.8 Å². The minimum Gasteiger partial charge on any atom is -0.334 e. The predicted octanol–water partition coefficient (Wildman–Crippen LogP) is 2.98. The Morgan fingerprint density at radius 1 is 1.53 bits per heavy atom. The maximum absolute atomic E-state index is 13.6. The summed E-state index contributed by atoms with van der Waals surface area (Å²) in [6.07, 6.45) is 1.99. The fourth-order valence-electron chi connectivity index (χ4n) is 1.88. The number of rotatable bonds is 4. The SMILES string of the molecule is Cc1ccc(F)c(C(=O)N(CCCl)C2CC2)c1. The van der Waals surface area contributed by atoms with Crippen LogP contribution in [0.15, 0.2) is 18.2 Å². The van der Waals surface area contributed by atoms with Gasteiger partial charge >= 0.3 is 0 Å². The van der Waals surface area contributed by atoms with Crippen LogP contribution >= 0.6 is 11.6 Å². The van der Waals surface area contributed by atoms with Crippen molar-refractivity contribution < 1.29 is 9.18 Å². The molecule has 1 aromatic rings. The Morgan fingerprint density at radius 2 is 2.24 bits per heavy atom. The number of carbonyl (C=O) groups is 1. The normalized spacial score (nSPS) is 14.8. The molecule has 0 saturated heterocycles. The molecule has 4 heteroatoms. The second-order valence-electron chi connectivity index (χ2n) is 4.40. The lowest BCUT2D eigenvalue weighted by Gasteiger charge is -2.21. The van der Waals surface area contributed by atoms with Gasteiger partial charge < -0.3 is 4.90 Å². The van der Waals surface area contributed by atoms with Gasteiger partial charge in [-0.05, 0) is 31.9 Å². The highest BCUT2D eigenvalue weighted by Crippen LogP contribution is 2.28. The Kier molecular flexibility index (Phi) is 3.67. The number of amides is 1. The van der Waals surface area contributed by atoms with Gasteiger partial charge in [0.25, 0.3) is 5.91 Å². The van der Waals surface area contributed by atoms with E-state index in [9.17, 15) is 9.18 Å². The Balaban J connectivity index is 2.24. The van der Waals surface area contributed by atoms with E-state index in [0.717, 1.165) is 18.4 Å². The average molecular weight is 256 g/mol. The summed E-state index contributed by atoms with van der Waals surface area (Å²) in [7, 11) is 0. The summed E-state index contributed by atoms with van der Waals surface area (Å²) in [5.41, 5.74) is 1.04. The fraction of sp³-hybridized carbons (Fsp3) is 0.462. The molecule has 0 spiro atoms. The van der Waals surface area contributed by atoms with Gasteiger partial charge in [0.05, 0.1) is 5.56 Å². The quantitative estimate of drug-likeness (QED) is 0.758. The van der Waals surface area contributed by atoms with Gasteiger partial charge in [-0.15, -0.1) is 11.6 Å². The zero-order valence-electron chi connectivity index (χ0n) is 9.75. The molecule has 0 heterocycles.